The van der Waals surface area contributed by atoms with E-state index in [9.17, 15) is 0 Å². The summed E-state index contributed by atoms with van der Waals surface area (Å²) in [4.78, 5) is 8.77. The third kappa shape index (κ3) is 2.13. The molecule has 1 aliphatic rings. The van der Waals surface area contributed by atoms with Crippen molar-refractivity contribution < 1.29 is 4.52 Å². The third-order valence-electron chi connectivity index (χ3n) is 3.18. The molecule has 0 aromatic carbocycles. The highest BCUT2D eigenvalue weighted by molar-refractivity contribution is 5.50. The first-order chi connectivity index (χ1) is 8.63. The first-order valence-corrected chi connectivity index (χ1v) is 6.18. The van der Waals surface area contributed by atoms with Gasteiger partial charge in [-0.25, -0.2) is 4.98 Å². The summed E-state index contributed by atoms with van der Waals surface area (Å²) in [5.74, 6) is 1.55. The van der Waals surface area contributed by atoms with E-state index >= 15 is 0 Å². The molecule has 0 amide bonds. The summed E-state index contributed by atoms with van der Waals surface area (Å²) in [6.45, 7) is 3.97. The van der Waals surface area contributed by atoms with Gasteiger partial charge in [-0.1, -0.05) is 5.16 Å². The molecule has 2 N–H and O–H groups in total. The third-order valence-corrected chi connectivity index (χ3v) is 3.18. The summed E-state index contributed by atoms with van der Waals surface area (Å²) in [5.41, 5.74) is 8.86. The standard InChI is InChI=1S/C13H16N4O/c1-7-5-8(2)15-10(6-7)12-16-13(18-17-12)11(14)9-3-4-9/h5-6,9,11H,3-4,14H2,1-2H3. The van der Waals surface area contributed by atoms with Crippen molar-refractivity contribution in [2.75, 3.05) is 0 Å². The van der Waals surface area contributed by atoms with E-state index in [0.717, 1.165) is 29.8 Å². The van der Waals surface area contributed by atoms with E-state index < -0.39 is 0 Å². The van der Waals surface area contributed by atoms with Crippen LogP contribution in [0.5, 0.6) is 0 Å². The Morgan fingerprint density at radius 3 is 2.72 bits per heavy atom. The van der Waals surface area contributed by atoms with E-state index in [1.165, 1.54) is 0 Å². The fourth-order valence-electron chi connectivity index (χ4n) is 2.09. The van der Waals surface area contributed by atoms with Gasteiger partial charge in [-0.3, -0.25) is 0 Å². The van der Waals surface area contributed by atoms with Crippen LogP contribution < -0.4 is 5.73 Å². The van der Waals surface area contributed by atoms with Crippen LogP contribution in [-0.4, -0.2) is 15.1 Å². The van der Waals surface area contributed by atoms with Crippen LogP contribution in [0, 0.1) is 19.8 Å². The fourth-order valence-corrected chi connectivity index (χ4v) is 2.09. The lowest BCUT2D eigenvalue weighted by atomic mass is 10.2. The molecule has 2 aromatic rings. The van der Waals surface area contributed by atoms with Gasteiger partial charge in [-0.05, 0) is 50.3 Å². The number of aryl methyl sites for hydroxylation is 2. The minimum atomic E-state index is -0.128. The molecule has 3 rings (SSSR count). The summed E-state index contributed by atoms with van der Waals surface area (Å²) < 4.78 is 5.24. The summed E-state index contributed by atoms with van der Waals surface area (Å²) in [7, 11) is 0. The molecule has 2 heterocycles. The number of aromatic nitrogens is 3. The van der Waals surface area contributed by atoms with Crippen molar-refractivity contribution in [1.82, 2.24) is 15.1 Å². The molecule has 18 heavy (non-hydrogen) atoms. The zero-order valence-electron chi connectivity index (χ0n) is 10.6. The largest absolute Gasteiger partial charge is 0.337 e. The van der Waals surface area contributed by atoms with Gasteiger partial charge in [0.05, 0.1) is 6.04 Å². The second kappa shape index (κ2) is 4.17. The Balaban J connectivity index is 1.92. The predicted octanol–water partition coefficient (Wildman–Crippen LogP) is 2.16. The molecule has 1 unspecified atom stereocenters. The molecule has 5 heteroatoms. The van der Waals surface area contributed by atoms with Gasteiger partial charge < -0.3 is 10.3 Å². The van der Waals surface area contributed by atoms with Crippen molar-refractivity contribution in [3.8, 4) is 11.5 Å². The monoisotopic (exact) mass is 244 g/mol. The predicted molar refractivity (Wildman–Crippen MR) is 66.7 cm³/mol. The minimum Gasteiger partial charge on any atom is -0.337 e. The normalized spacial score (nSPS) is 16.8. The Bertz CT molecular complexity index is 554. The minimum absolute atomic E-state index is 0.128. The van der Waals surface area contributed by atoms with Gasteiger partial charge >= 0.3 is 0 Å². The maximum Gasteiger partial charge on any atom is 0.244 e. The Kier molecular flexibility index (Phi) is 2.63. The van der Waals surface area contributed by atoms with Crippen molar-refractivity contribution >= 4 is 0 Å². The van der Waals surface area contributed by atoms with Gasteiger partial charge in [0.2, 0.25) is 11.7 Å². The maximum atomic E-state index is 6.03. The number of nitrogens with zero attached hydrogens (tertiary/aromatic N) is 3. The number of pyridine rings is 1. The highest BCUT2D eigenvalue weighted by atomic mass is 16.5. The van der Waals surface area contributed by atoms with Gasteiger partial charge in [-0.2, -0.15) is 4.98 Å². The molecule has 0 bridgehead atoms. The Labute approximate surface area is 105 Å². The highest BCUT2D eigenvalue weighted by Gasteiger charge is 2.33. The highest BCUT2D eigenvalue weighted by Crippen LogP contribution is 2.39. The van der Waals surface area contributed by atoms with Crippen molar-refractivity contribution in [3.05, 3.63) is 29.3 Å². The zero-order valence-corrected chi connectivity index (χ0v) is 10.6. The topological polar surface area (TPSA) is 77.8 Å². The average Bonchev–Trinajstić information content (AvgIpc) is 3.04. The smallest absolute Gasteiger partial charge is 0.244 e. The molecule has 1 aliphatic carbocycles. The van der Waals surface area contributed by atoms with Crippen LogP contribution in [0.15, 0.2) is 16.7 Å². The Morgan fingerprint density at radius 1 is 1.28 bits per heavy atom. The quantitative estimate of drug-likeness (QED) is 0.895. The fraction of sp³-hybridized carbons (Fsp3) is 0.462. The van der Waals surface area contributed by atoms with Crippen LogP contribution in [-0.2, 0) is 0 Å². The van der Waals surface area contributed by atoms with E-state index in [-0.39, 0.29) is 6.04 Å². The van der Waals surface area contributed by atoms with E-state index in [0.29, 0.717) is 17.6 Å². The van der Waals surface area contributed by atoms with E-state index in [1.807, 2.05) is 26.0 Å². The number of nitrogens with two attached hydrogens (primary N) is 1. The van der Waals surface area contributed by atoms with Crippen molar-refractivity contribution in [3.63, 3.8) is 0 Å². The lowest BCUT2D eigenvalue weighted by Crippen LogP contribution is -2.12. The average molecular weight is 244 g/mol. The summed E-state index contributed by atoms with van der Waals surface area (Å²) in [6, 6.07) is 3.84. The Morgan fingerprint density at radius 2 is 2.06 bits per heavy atom. The first kappa shape index (κ1) is 11.3. The number of hydrogen-bond acceptors (Lipinski definition) is 5. The second-order valence-electron chi connectivity index (χ2n) is 4.99. The number of rotatable bonds is 3. The van der Waals surface area contributed by atoms with E-state index in [4.69, 9.17) is 10.3 Å². The van der Waals surface area contributed by atoms with Crippen LogP contribution in [0.3, 0.4) is 0 Å². The van der Waals surface area contributed by atoms with Gasteiger partial charge in [0, 0.05) is 5.69 Å². The summed E-state index contributed by atoms with van der Waals surface area (Å²) in [5, 5.41) is 3.97. The molecule has 0 radical (unpaired) electrons. The molecule has 0 spiro atoms. The molecule has 2 aromatic heterocycles. The molecular weight excluding hydrogens is 228 g/mol. The van der Waals surface area contributed by atoms with Crippen LogP contribution in [0.1, 0.15) is 36.0 Å². The summed E-state index contributed by atoms with van der Waals surface area (Å²) >= 11 is 0. The van der Waals surface area contributed by atoms with Crippen molar-refractivity contribution in [2.24, 2.45) is 11.7 Å². The zero-order chi connectivity index (χ0) is 12.7. The molecule has 0 saturated heterocycles. The van der Waals surface area contributed by atoms with E-state index in [1.54, 1.807) is 0 Å². The summed E-state index contributed by atoms with van der Waals surface area (Å²) in [6.07, 6.45) is 2.31. The lowest BCUT2D eigenvalue weighted by molar-refractivity contribution is 0.343. The molecule has 0 aliphatic heterocycles. The lowest BCUT2D eigenvalue weighted by Gasteiger charge is -2.01. The Hall–Kier alpha value is -1.75. The van der Waals surface area contributed by atoms with Crippen LogP contribution in [0.4, 0.5) is 0 Å². The molecular formula is C13H16N4O. The van der Waals surface area contributed by atoms with Gasteiger partial charge in [0.1, 0.15) is 5.69 Å². The molecule has 94 valence electrons. The number of hydrogen-bond donors (Lipinski definition) is 1. The van der Waals surface area contributed by atoms with Crippen LogP contribution in [0.2, 0.25) is 0 Å². The SMILES string of the molecule is Cc1cc(C)nc(-c2noc(C(N)C3CC3)n2)c1. The van der Waals surface area contributed by atoms with E-state index in [2.05, 4.69) is 15.1 Å². The van der Waals surface area contributed by atoms with Crippen molar-refractivity contribution in [2.45, 2.75) is 32.7 Å². The first-order valence-electron chi connectivity index (χ1n) is 6.18. The maximum absolute atomic E-state index is 6.03. The van der Waals surface area contributed by atoms with Crippen LogP contribution >= 0.6 is 0 Å². The molecule has 1 atom stereocenters. The van der Waals surface area contributed by atoms with Crippen molar-refractivity contribution in [1.29, 1.82) is 0 Å². The van der Waals surface area contributed by atoms with Gasteiger partial charge in [0.15, 0.2) is 0 Å². The molecule has 1 saturated carbocycles. The molecule has 1 fully saturated rings. The van der Waals surface area contributed by atoms with Crippen LogP contribution in [0.25, 0.3) is 11.5 Å². The van der Waals surface area contributed by atoms with Gasteiger partial charge in [-0.15, -0.1) is 0 Å². The molecule has 5 nitrogen and oxygen atoms in total. The van der Waals surface area contributed by atoms with Gasteiger partial charge in [0.25, 0.3) is 0 Å². The second-order valence-corrected chi connectivity index (χ2v) is 4.99.